The monoisotopic (exact) mass is 264 g/mol. The molecule has 3 N–H and O–H groups in total. The molecule has 0 bridgehead atoms. The van der Waals surface area contributed by atoms with Crippen LogP contribution in [0.3, 0.4) is 0 Å². The SMILES string of the molecule is COC(=O)c1cc(NCCOCC2CC2)ccc1N. The highest BCUT2D eigenvalue weighted by Crippen LogP contribution is 2.28. The first-order valence-electron chi connectivity index (χ1n) is 6.50. The topological polar surface area (TPSA) is 73.6 Å². The summed E-state index contributed by atoms with van der Waals surface area (Å²) in [7, 11) is 1.34. The lowest BCUT2D eigenvalue weighted by atomic mass is 10.1. The first-order valence-corrected chi connectivity index (χ1v) is 6.50. The van der Waals surface area contributed by atoms with Crippen molar-refractivity contribution in [1.82, 2.24) is 0 Å². The minimum atomic E-state index is -0.425. The molecular formula is C14H20N2O3. The molecule has 5 heteroatoms. The number of rotatable bonds is 7. The number of hydrogen-bond donors (Lipinski definition) is 2. The Morgan fingerprint density at radius 2 is 2.26 bits per heavy atom. The van der Waals surface area contributed by atoms with E-state index >= 15 is 0 Å². The number of methoxy groups -OCH3 is 1. The number of benzene rings is 1. The third kappa shape index (κ3) is 4.13. The van der Waals surface area contributed by atoms with Crippen molar-refractivity contribution in [2.24, 2.45) is 5.92 Å². The number of hydrogen-bond acceptors (Lipinski definition) is 5. The molecule has 5 nitrogen and oxygen atoms in total. The molecule has 1 saturated carbocycles. The van der Waals surface area contributed by atoms with Crippen LogP contribution in [0.2, 0.25) is 0 Å². The highest BCUT2D eigenvalue weighted by molar-refractivity contribution is 5.96. The van der Waals surface area contributed by atoms with Gasteiger partial charge in [-0.25, -0.2) is 4.79 Å². The molecule has 19 heavy (non-hydrogen) atoms. The standard InChI is InChI=1S/C14H20N2O3/c1-18-14(17)12-8-11(4-5-13(12)15)16-6-7-19-9-10-2-3-10/h4-5,8,10,16H,2-3,6-7,9,15H2,1H3. The first kappa shape index (κ1) is 13.7. The number of nitrogens with two attached hydrogens (primary N) is 1. The number of nitrogens with one attached hydrogen (secondary N) is 1. The molecule has 1 aromatic carbocycles. The molecule has 0 spiro atoms. The minimum Gasteiger partial charge on any atom is -0.465 e. The third-order valence-corrected chi connectivity index (χ3v) is 3.08. The molecule has 0 unspecified atom stereocenters. The summed E-state index contributed by atoms with van der Waals surface area (Å²) in [6, 6.07) is 5.23. The van der Waals surface area contributed by atoms with Gasteiger partial charge in [-0.15, -0.1) is 0 Å². The molecule has 1 aliphatic rings. The van der Waals surface area contributed by atoms with Gasteiger partial charge in [-0.3, -0.25) is 0 Å². The van der Waals surface area contributed by atoms with Crippen molar-refractivity contribution in [3.8, 4) is 0 Å². The summed E-state index contributed by atoms with van der Waals surface area (Å²) in [4.78, 5) is 11.5. The molecule has 1 aliphatic carbocycles. The van der Waals surface area contributed by atoms with E-state index in [0.29, 0.717) is 24.4 Å². The van der Waals surface area contributed by atoms with Crippen LogP contribution >= 0.6 is 0 Å². The number of anilines is 2. The molecule has 0 amide bonds. The summed E-state index contributed by atoms with van der Waals surface area (Å²) in [6.07, 6.45) is 2.60. The smallest absolute Gasteiger partial charge is 0.340 e. The molecule has 1 aromatic rings. The van der Waals surface area contributed by atoms with Crippen molar-refractivity contribution in [2.75, 3.05) is 37.9 Å². The van der Waals surface area contributed by atoms with Crippen molar-refractivity contribution < 1.29 is 14.3 Å². The minimum absolute atomic E-state index is 0.381. The number of ether oxygens (including phenoxy) is 2. The maximum absolute atomic E-state index is 11.5. The summed E-state index contributed by atoms with van der Waals surface area (Å²) in [6.45, 7) is 2.22. The lowest BCUT2D eigenvalue weighted by Gasteiger charge is -2.10. The van der Waals surface area contributed by atoms with Crippen LogP contribution in [-0.4, -0.2) is 32.8 Å². The number of esters is 1. The second kappa shape index (κ2) is 6.43. The molecule has 0 saturated heterocycles. The van der Waals surface area contributed by atoms with Crippen LogP contribution in [0.15, 0.2) is 18.2 Å². The average molecular weight is 264 g/mol. The van der Waals surface area contributed by atoms with E-state index in [1.165, 1.54) is 20.0 Å². The molecule has 0 aliphatic heterocycles. The fourth-order valence-electron chi connectivity index (χ4n) is 1.76. The van der Waals surface area contributed by atoms with Crippen LogP contribution in [0, 0.1) is 5.92 Å². The van der Waals surface area contributed by atoms with E-state index in [1.54, 1.807) is 12.1 Å². The Balaban J connectivity index is 1.80. The quantitative estimate of drug-likeness (QED) is 0.447. The highest BCUT2D eigenvalue weighted by Gasteiger charge is 2.20. The second-order valence-corrected chi connectivity index (χ2v) is 4.74. The summed E-state index contributed by atoms with van der Waals surface area (Å²) in [5.74, 6) is 0.355. The van der Waals surface area contributed by atoms with Crippen molar-refractivity contribution in [3.63, 3.8) is 0 Å². The van der Waals surface area contributed by atoms with Gasteiger partial charge in [0.05, 0.1) is 19.3 Å². The van der Waals surface area contributed by atoms with Crippen LogP contribution < -0.4 is 11.1 Å². The van der Waals surface area contributed by atoms with Gasteiger partial charge in [-0.2, -0.15) is 0 Å². The van der Waals surface area contributed by atoms with Crippen LogP contribution in [0.4, 0.5) is 11.4 Å². The maximum Gasteiger partial charge on any atom is 0.340 e. The summed E-state index contributed by atoms with van der Waals surface area (Å²) in [5, 5.41) is 3.20. The summed E-state index contributed by atoms with van der Waals surface area (Å²) in [5.41, 5.74) is 7.37. The van der Waals surface area contributed by atoms with E-state index < -0.39 is 5.97 Å². The Bertz CT molecular complexity index is 444. The van der Waals surface area contributed by atoms with Gasteiger partial charge in [-0.1, -0.05) is 0 Å². The third-order valence-electron chi connectivity index (χ3n) is 3.08. The number of nitrogen functional groups attached to an aromatic ring is 1. The Kier molecular flexibility index (Phi) is 4.63. The fraction of sp³-hybridized carbons (Fsp3) is 0.500. The molecule has 104 valence electrons. The lowest BCUT2D eigenvalue weighted by molar-refractivity contribution is 0.0602. The van der Waals surface area contributed by atoms with E-state index in [9.17, 15) is 4.79 Å². The van der Waals surface area contributed by atoms with Gasteiger partial charge in [0.15, 0.2) is 0 Å². The normalized spacial score (nSPS) is 14.2. The number of carbonyl (C=O) groups is 1. The van der Waals surface area contributed by atoms with Crippen molar-refractivity contribution in [3.05, 3.63) is 23.8 Å². The predicted molar refractivity (Wildman–Crippen MR) is 74.2 cm³/mol. The zero-order valence-corrected chi connectivity index (χ0v) is 11.1. The second-order valence-electron chi connectivity index (χ2n) is 4.74. The Labute approximate surface area is 113 Å². The molecule has 0 atom stereocenters. The van der Waals surface area contributed by atoms with Gasteiger partial charge in [0.2, 0.25) is 0 Å². The summed E-state index contributed by atoms with van der Waals surface area (Å²) < 4.78 is 10.2. The molecule has 1 fully saturated rings. The van der Waals surface area contributed by atoms with Crippen LogP contribution in [-0.2, 0) is 9.47 Å². The predicted octanol–water partition coefficient (Wildman–Crippen LogP) is 1.89. The van der Waals surface area contributed by atoms with Crippen molar-refractivity contribution >= 4 is 17.3 Å². The molecule has 0 radical (unpaired) electrons. The molecule has 0 heterocycles. The van der Waals surface area contributed by atoms with Crippen LogP contribution in [0.5, 0.6) is 0 Å². The largest absolute Gasteiger partial charge is 0.465 e. The van der Waals surface area contributed by atoms with Crippen LogP contribution in [0.1, 0.15) is 23.2 Å². The first-order chi connectivity index (χ1) is 9.20. The van der Waals surface area contributed by atoms with E-state index in [0.717, 1.165) is 18.2 Å². The van der Waals surface area contributed by atoms with Crippen LogP contribution in [0.25, 0.3) is 0 Å². The molecule has 0 aromatic heterocycles. The van der Waals surface area contributed by atoms with E-state index in [-0.39, 0.29) is 0 Å². The zero-order valence-electron chi connectivity index (χ0n) is 11.1. The molecule has 2 rings (SSSR count). The van der Waals surface area contributed by atoms with Crippen molar-refractivity contribution in [2.45, 2.75) is 12.8 Å². The van der Waals surface area contributed by atoms with Crippen molar-refractivity contribution in [1.29, 1.82) is 0 Å². The van der Waals surface area contributed by atoms with E-state index in [2.05, 4.69) is 10.1 Å². The summed E-state index contributed by atoms with van der Waals surface area (Å²) >= 11 is 0. The van der Waals surface area contributed by atoms with Gasteiger partial charge in [0.1, 0.15) is 0 Å². The average Bonchev–Trinajstić information content (AvgIpc) is 3.23. The Hall–Kier alpha value is -1.75. The van der Waals surface area contributed by atoms with Gasteiger partial charge in [0, 0.05) is 24.5 Å². The van der Waals surface area contributed by atoms with Gasteiger partial charge >= 0.3 is 5.97 Å². The van der Waals surface area contributed by atoms with Gasteiger partial charge < -0.3 is 20.5 Å². The number of carbonyl (C=O) groups excluding carboxylic acids is 1. The van der Waals surface area contributed by atoms with Gasteiger partial charge in [0.25, 0.3) is 0 Å². The lowest BCUT2D eigenvalue weighted by Crippen LogP contribution is -2.12. The zero-order chi connectivity index (χ0) is 13.7. The maximum atomic E-state index is 11.5. The Morgan fingerprint density at radius 3 is 2.95 bits per heavy atom. The molecular weight excluding hydrogens is 244 g/mol. The van der Waals surface area contributed by atoms with Gasteiger partial charge in [-0.05, 0) is 37.0 Å². The highest BCUT2D eigenvalue weighted by atomic mass is 16.5. The Morgan fingerprint density at radius 1 is 1.47 bits per heavy atom. The fourth-order valence-corrected chi connectivity index (χ4v) is 1.76. The van der Waals surface area contributed by atoms with E-state index in [1.807, 2.05) is 6.07 Å². The van der Waals surface area contributed by atoms with E-state index in [4.69, 9.17) is 10.5 Å².